The molecule has 0 fully saturated rings. The number of nitrogens with zero attached hydrogens (tertiary/aromatic N) is 2. The van der Waals surface area contributed by atoms with Crippen molar-refractivity contribution in [2.24, 2.45) is 10.2 Å². The molecule has 1 aromatic heterocycles. The van der Waals surface area contributed by atoms with Crippen molar-refractivity contribution >= 4 is 44.1 Å². The van der Waals surface area contributed by atoms with Gasteiger partial charge < -0.3 is 15.4 Å². The minimum atomic E-state index is -0.430. The van der Waals surface area contributed by atoms with E-state index in [0.717, 1.165) is 21.2 Å². The lowest BCUT2D eigenvalue weighted by molar-refractivity contribution is -0.116. The Labute approximate surface area is 146 Å². The molecule has 24 heavy (non-hydrogen) atoms. The van der Waals surface area contributed by atoms with Crippen LogP contribution in [-0.4, -0.2) is 22.5 Å². The summed E-state index contributed by atoms with van der Waals surface area (Å²) in [6.07, 6.45) is 0. The normalized spacial score (nSPS) is 11.2. The first-order chi connectivity index (χ1) is 11.5. The number of H-pyrrole nitrogens is 1. The molecule has 0 aliphatic carbocycles. The maximum atomic E-state index is 11.9. The lowest BCUT2D eigenvalue weighted by Gasteiger charge is -2.03. The van der Waals surface area contributed by atoms with Gasteiger partial charge in [0.15, 0.2) is 5.69 Å². The lowest BCUT2D eigenvalue weighted by atomic mass is 10.2. The van der Waals surface area contributed by atoms with E-state index in [9.17, 15) is 9.90 Å². The number of carbonyl (C=O) groups excluding carboxylic acids is 1. The van der Waals surface area contributed by atoms with E-state index >= 15 is 0 Å². The maximum Gasteiger partial charge on any atom is 0.283 e. The van der Waals surface area contributed by atoms with Crippen LogP contribution >= 0.6 is 15.9 Å². The number of halogens is 1. The van der Waals surface area contributed by atoms with Crippen molar-refractivity contribution in [2.75, 3.05) is 11.9 Å². The third-order valence-electron chi connectivity index (χ3n) is 3.44. The van der Waals surface area contributed by atoms with Gasteiger partial charge in [0, 0.05) is 15.5 Å². The standard InChI is InChI=1S/C17H15BrN4O2/c1-10-3-2-4-12(7-10)19-9-15(23)21-22-16-13-8-11(18)5-6-14(13)20-17(16)24/h2-8,19-20,24H,9H2,1H3. The number of benzene rings is 2. The van der Waals surface area contributed by atoms with Gasteiger partial charge in [-0.15, -0.1) is 10.2 Å². The fraction of sp³-hybridized carbons (Fsp3) is 0.118. The number of hydrogen-bond acceptors (Lipinski definition) is 4. The van der Waals surface area contributed by atoms with Crippen molar-refractivity contribution in [3.8, 4) is 5.88 Å². The highest BCUT2D eigenvalue weighted by atomic mass is 79.9. The highest BCUT2D eigenvalue weighted by molar-refractivity contribution is 9.10. The summed E-state index contributed by atoms with van der Waals surface area (Å²) in [7, 11) is 0. The van der Waals surface area contributed by atoms with Crippen LogP contribution in [0.2, 0.25) is 0 Å². The average Bonchev–Trinajstić information content (AvgIpc) is 2.86. The van der Waals surface area contributed by atoms with E-state index in [1.807, 2.05) is 37.3 Å². The number of azo groups is 1. The predicted molar refractivity (Wildman–Crippen MR) is 96.9 cm³/mol. The number of anilines is 1. The number of fused-ring (bicyclic) bond motifs is 1. The van der Waals surface area contributed by atoms with Gasteiger partial charge in [0.25, 0.3) is 5.91 Å². The SMILES string of the molecule is Cc1cccc(NCC(=O)N=Nc2c(O)[nH]c3ccc(Br)cc23)c1. The summed E-state index contributed by atoms with van der Waals surface area (Å²) in [5, 5.41) is 21.2. The maximum absolute atomic E-state index is 11.9. The fourth-order valence-electron chi connectivity index (χ4n) is 2.31. The third-order valence-corrected chi connectivity index (χ3v) is 3.93. The Morgan fingerprint density at radius 3 is 2.92 bits per heavy atom. The molecule has 7 heteroatoms. The Kier molecular flexibility index (Phi) is 4.61. The van der Waals surface area contributed by atoms with Gasteiger partial charge in [-0.2, -0.15) is 0 Å². The molecule has 2 aromatic carbocycles. The van der Waals surface area contributed by atoms with Gasteiger partial charge in [0.2, 0.25) is 5.88 Å². The zero-order valence-electron chi connectivity index (χ0n) is 12.9. The van der Waals surface area contributed by atoms with Crippen molar-refractivity contribution in [1.82, 2.24) is 4.98 Å². The number of aromatic nitrogens is 1. The van der Waals surface area contributed by atoms with E-state index < -0.39 is 5.91 Å². The Morgan fingerprint density at radius 1 is 1.29 bits per heavy atom. The predicted octanol–water partition coefficient (Wildman–Crippen LogP) is 4.67. The summed E-state index contributed by atoms with van der Waals surface area (Å²) in [5.41, 5.74) is 2.91. The second-order valence-electron chi connectivity index (χ2n) is 5.33. The first kappa shape index (κ1) is 16.2. The highest BCUT2D eigenvalue weighted by Crippen LogP contribution is 2.36. The second kappa shape index (κ2) is 6.84. The quantitative estimate of drug-likeness (QED) is 0.569. The topological polar surface area (TPSA) is 89.8 Å². The summed E-state index contributed by atoms with van der Waals surface area (Å²) >= 11 is 3.37. The zero-order chi connectivity index (χ0) is 17.1. The Balaban J connectivity index is 1.72. The van der Waals surface area contributed by atoms with Crippen LogP contribution in [-0.2, 0) is 4.79 Å². The lowest BCUT2D eigenvalue weighted by Crippen LogP contribution is -2.10. The number of hydrogen-bond donors (Lipinski definition) is 3. The molecular weight excluding hydrogens is 372 g/mol. The molecule has 0 aliphatic rings. The molecule has 1 heterocycles. The van der Waals surface area contributed by atoms with Gasteiger partial charge in [-0.25, -0.2) is 0 Å². The molecule has 0 aliphatic heterocycles. The van der Waals surface area contributed by atoms with Crippen molar-refractivity contribution in [3.05, 3.63) is 52.5 Å². The molecule has 0 saturated carbocycles. The molecule has 0 bridgehead atoms. The van der Waals surface area contributed by atoms with Crippen LogP contribution in [0.5, 0.6) is 5.88 Å². The van der Waals surface area contributed by atoms with E-state index in [0.29, 0.717) is 5.39 Å². The first-order valence-electron chi connectivity index (χ1n) is 7.28. The fourth-order valence-corrected chi connectivity index (χ4v) is 2.67. The minimum Gasteiger partial charge on any atom is -0.493 e. The number of amides is 1. The van der Waals surface area contributed by atoms with E-state index in [1.54, 1.807) is 12.1 Å². The number of carbonyl (C=O) groups is 1. The zero-order valence-corrected chi connectivity index (χ0v) is 14.5. The van der Waals surface area contributed by atoms with Gasteiger partial charge in [-0.1, -0.05) is 28.1 Å². The Morgan fingerprint density at radius 2 is 2.12 bits per heavy atom. The third kappa shape index (κ3) is 3.62. The van der Waals surface area contributed by atoms with Crippen LogP contribution in [0.4, 0.5) is 11.4 Å². The monoisotopic (exact) mass is 386 g/mol. The van der Waals surface area contributed by atoms with Crippen molar-refractivity contribution in [1.29, 1.82) is 0 Å². The number of rotatable bonds is 4. The highest BCUT2D eigenvalue weighted by Gasteiger charge is 2.11. The largest absolute Gasteiger partial charge is 0.493 e. The van der Waals surface area contributed by atoms with Crippen LogP contribution in [0.1, 0.15) is 5.56 Å². The summed E-state index contributed by atoms with van der Waals surface area (Å²) in [6, 6.07) is 13.1. The number of nitrogens with one attached hydrogen (secondary N) is 2. The van der Waals surface area contributed by atoms with E-state index in [2.05, 4.69) is 36.5 Å². The molecule has 3 aromatic rings. The number of aryl methyl sites for hydroxylation is 1. The van der Waals surface area contributed by atoms with Gasteiger partial charge in [-0.3, -0.25) is 4.79 Å². The van der Waals surface area contributed by atoms with Crippen LogP contribution < -0.4 is 5.32 Å². The second-order valence-corrected chi connectivity index (χ2v) is 6.24. The number of aromatic amines is 1. The Bertz CT molecular complexity index is 933. The molecule has 0 spiro atoms. The van der Waals surface area contributed by atoms with Gasteiger partial charge in [0.05, 0.1) is 12.1 Å². The summed E-state index contributed by atoms with van der Waals surface area (Å²) in [6.45, 7) is 2.00. The van der Waals surface area contributed by atoms with Crippen LogP contribution in [0, 0.1) is 6.92 Å². The van der Waals surface area contributed by atoms with E-state index in [4.69, 9.17) is 0 Å². The van der Waals surface area contributed by atoms with Crippen LogP contribution in [0.3, 0.4) is 0 Å². The minimum absolute atomic E-state index is 0.0275. The van der Waals surface area contributed by atoms with E-state index in [-0.39, 0.29) is 18.1 Å². The van der Waals surface area contributed by atoms with Crippen molar-refractivity contribution in [3.63, 3.8) is 0 Å². The van der Waals surface area contributed by atoms with Gasteiger partial charge in [-0.05, 0) is 42.8 Å². The molecule has 6 nitrogen and oxygen atoms in total. The molecule has 3 rings (SSSR count). The molecule has 3 N–H and O–H groups in total. The molecule has 0 radical (unpaired) electrons. The van der Waals surface area contributed by atoms with Gasteiger partial charge >= 0.3 is 0 Å². The smallest absolute Gasteiger partial charge is 0.283 e. The van der Waals surface area contributed by atoms with Crippen LogP contribution in [0.25, 0.3) is 10.9 Å². The first-order valence-corrected chi connectivity index (χ1v) is 8.07. The summed E-state index contributed by atoms with van der Waals surface area (Å²) in [5.74, 6) is -0.549. The van der Waals surface area contributed by atoms with Crippen molar-refractivity contribution in [2.45, 2.75) is 6.92 Å². The number of aromatic hydroxyl groups is 1. The van der Waals surface area contributed by atoms with Gasteiger partial charge in [0.1, 0.15) is 0 Å². The summed E-state index contributed by atoms with van der Waals surface area (Å²) in [4.78, 5) is 14.7. The van der Waals surface area contributed by atoms with E-state index in [1.165, 1.54) is 0 Å². The molecule has 0 unspecified atom stereocenters. The summed E-state index contributed by atoms with van der Waals surface area (Å²) < 4.78 is 0.845. The van der Waals surface area contributed by atoms with Crippen molar-refractivity contribution < 1.29 is 9.90 Å². The Hall–Kier alpha value is -2.67. The molecule has 1 amide bonds. The molecular formula is C17H15BrN4O2. The molecule has 0 saturated heterocycles. The molecule has 122 valence electrons. The van der Waals surface area contributed by atoms with Crippen LogP contribution in [0.15, 0.2) is 57.2 Å². The average molecular weight is 387 g/mol. The molecule has 0 atom stereocenters.